The Kier molecular flexibility index (Phi) is 5.01. The Bertz CT molecular complexity index is 940. The maximum absolute atomic E-state index is 6.02. The summed E-state index contributed by atoms with van der Waals surface area (Å²) in [4.78, 5) is 6.85. The molecule has 0 fully saturated rings. The number of H-pyrrole nitrogens is 1. The van der Waals surface area contributed by atoms with Crippen LogP contribution in [0.2, 0.25) is 5.02 Å². The molecule has 1 aliphatic heterocycles. The van der Waals surface area contributed by atoms with E-state index in [-0.39, 0.29) is 0 Å². The predicted molar refractivity (Wildman–Crippen MR) is 104 cm³/mol. The second-order valence-electron chi connectivity index (χ2n) is 6.49. The molecule has 140 valence electrons. The first-order valence-corrected chi connectivity index (χ1v) is 9.17. The van der Waals surface area contributed by atoms with Crippen molar-refractivity contribution in [3.05, 3.63) is 58.5 Å². The van der Waals surface area contributed by atoms with Gasteiger partial charge >= 0.3 is 0 Å². The largest absolute Gasteiger partial charge is 0.493 e. The molecule has 0 aliphatic carbocycles. The quantitative estimate of drug-likeness (QED) is 0.726. The molecule has 6 nitrogen and oxygen atoms in total. The first-order valence-electron chi connectivity index (χ1n) is 8.80. The van der Waals surface area contributed by atoms with Crippen LogP contribution >= 0.6 is 11.6 Å². The third-order valence-electron chi connectivity index (χ3n) is 4.87. The molecule has 4 rings (SSSR count). The molecule has 3 heterocycles. The van der Waals surface area contributed by atoms with Crippen molar-refractivity contribution in [2.75, 3.05) is 20.8 Å². The van der Waals surface area contributed by atoms with Gasteiger partial charge in [-0.3, -0.25) is 15.0 Å². The van der Waals surface area contributed by atoms with Crippen molar-refractivity contribution in [3.63, 3.8) is 0 Å². The molecular formula is C20H21ClN4O2. The number of nitrogens with zero attached hydrogens (tertiary/aromatic N) is 3. The number of fused-ring (bicyclic) bond motifs is 1. The monoisotopic (exact) mass is 384 g/mol. The Morgan fingerprint density at radius 1 is 1.15 bits per heavy atom. The fraction of sp³-hybridized carbons (Fsp3) is 0.300. The van der Waals surface area contributed by atoms with E-state index in [0.29, 0.717) is 18.0 Å². The normalized spacial score (nSPS) is 14.0. The minimum atomic E-state index is 0.686. The van der Waals surface area contributed by atoms with Crippen LogP contribution in [0.1, 0.15) is 17.0 Å². The lowest BCUT2D eigenvalue weighted by atomic mass is 10.0. The molecular weight excluding hydrogens is 364 g/mol. The van der Waals surface area contributed by atoms with Gasteiger partial charge in [0, 0.05) is 60.2 Å². The fourth-order valence-electron chi connectivity index (χ4n) is 3.51. The Morgan fingerprint density at radius 3 is 2.70 bits per heavy atom. The van der Waals surface area contributed by atoms with Gasteiger partial charge in [-0.15, -0.1) is 0 Å². The van der Waals surface area contributed by atoms with Gasteiger partial charge in [0.2, 0.25) is 0 Å². The maximum atomic E-state index is 6.02. The van der Waals surface area contributed by atoms with Crippen molar-refractivity contribution in [3.8, 4) is 22.8 Å². The van der Waals surface area contributed by atoms with Gasteiger partial charge in [-0.25, -0.2) is 0 Å². The second kappa shape index (κ2) is 7.58. The van der Waals surface area contributed by atoms with Crippen LogP contribution in [0.25, 0.3) is 11.3 Å². The summed E-state index contributed by atoms with van der Waals surface area (Å²) in [5, 5.41) is 8.46. The highest BCUT2D eigenvalue weighted by molar-refractivity contribution is 6.30. The average molecular weight is 385 g/mol. The zero-order valence-corrected chi connectivity index (χ0v) is 16.1. The third kappa shape index (κ3) is 3.50. The predicted octanol–water partition coefficient (Wildman–Crippen LogP) is 3.70. The standard InChI is InChI=1S/C20H21ClN4O2/c1-26-18-7-9-22-17(20(18)27-2)12-25-10-8-16-15(11-25)19(24-23-16)13-3-5-14(21)6-4-13/h3-7,9H,8,10-12H2,1-2H3,(H,23,24). The number of benzene rings is 1. The number of ether oxygens (including phenoxy) is 2. The van der Waals surface area contributed by atoms with E-state index in [9.17, 15) is 0 Å². The fourth-order valence-corrected chi connectivity index (χ4v) is 3.63. The van der Waals surface area contributed by atoms with Crippen LogP contribution in [0.15, 0.2) is 36.5 Å². The smallest absolute Gasteiger partial charge is 0.183 e. The van der Waals surface area contributed by atoms with Gasteiger partial charge in [-0.05, 0) is 12.1 Å². The molecule has 7 heteroatoms. The molecule has 0 atom stereocenters. The van der Waals surface area contributed by atoms with Gasteiger partial charge in [0.15, 0.2) is 11.5 Å². The lowest BCUT2D eigenvalue weighted by Crippen LogP contribution is -2.30. The minimum Gasteiger partial charge on any atom is -0.493 e. The molecule has 1 N–H and O–H groups in total. The van der Waals surface area contributed by atoms with Crippen LogP contribution in [0.3, 0.4) is 0 Å². The molecule has 27 heavy (non-hydrogen) atoms. The van der Waals surface area contributed by atoms with Crippen LogP contribution in [-0.4, -0.2) is 40.8 Å². The van der Waals surface area contributed by atoms with E-state index in [2.05, 4.69) is 20.1 Å². The van der Waals surface area contributed by atoms with E-state index in [4.69, 9.17) is 21.1 Å². The van der Waals surface area contributed by atoms with Crippen LogP contribution in [0, 0.1) is 0 Å². The van der Waals surface area contributed by atoms with Crippen LogP contribution in [0.4, 0.5) is 0 Å². The van der Waals surface area contributed by atoms with Crippen LogP contribution in [0.5, 0.6) is 11.5 Å². The Labute approximate surface area is 163 Å². The molecule has 0 bridgehead atoms. The number of aromatic amines is 1. The highest BCUT2D eigenvalue weighted by Gasteiger charge is 2.24. The van der Waals surface area contributed by atoms with Gasteiger partial charge in [0.1, 0.15) is 5.69 Å². The van der Waals surface area contributed by atoms with Crippen LogP contribution in [-0.2, 0) is 19.5 Å². The van der Waals surface area contributed by atoms with Gasteiger partial charge in [-0.1, -0.05) is 23.7 Å². The summed E-state index contributed by atoms with van der Waals surface area (Å²) < 4.78 is 10.9. The highest BCUT2D eigenvalue weighted by atomic mass is 35.5. The molecule has 3 aromatic rings. The Balaban J connectivity index is 1.59. The maximum Gasteiger partial charge on any atom is 0.183 e. The van der Waals surface area contributed by atoms with E-state index in [1.165, 1.54) is 11.3 Å². The summed E-state index contributed by atoms with van der Waals surface area (Å²) in [6.45, 7) is 2.41. The van der Waals surface area contributed by atoms with Gasteiger partial charge in [-0.2, -0.15) is 5.10 Å². The first kappa shape index (κ1) is 17.8. The number of hydrogen-bond acceptors (Lipinski definition) is 5. The number of halogens is 1. The number of aromatic nitrogens is 3. The summed E-state index contributed by atoms with van der Waals surface area (Å²) in [5.74, 6) is 1.39. The van der Waals surface area contributed by atoms with Crippen molar-refractivity contribution >= 4 is 11.6 Å². The van der Waals surface area contributed by atoms with Crippen molar-refractivity contribution in [1.29, 1.82) is 0 Å². The number of rotatable bonds is 5. The summed E-state index contributed by atoms with van der Waals surface area (Å²) >= 11 is 6.02. The van der Waals surface area contributed by atoms with Gasteiger partial charge in [0.05, 0.1) is 19.9 Å². The van der Waals surface area contributed by atoms with E-state index in [0.717, 1.165) is 41.5 Å². The zero-order chi connectivity index (χ0) is 18.8. The van der Waals surface area contributed by atoms with Crippen molar-refractivity contribution in [2.45, 2.75) is 19.5 Å². The summed E-state index contributed by atoms with van der Waals surface area (Å²) in [6, 6.07) is 9.60. The molecule has 0 radical (unpaired) electrons. The third-order valence-corrected chi connectivity index (χ3v) is 5.12. The van der Waals surface area contributed by atoms with Crippen molar-refractivity contribution < 1.29 is 9.47 Å². The molecule has 2 aromatic heterocycles. The number of methoxy groups -OCH3 is 2. The minimum absolute atomic E-state index is 0.686. The van der Waals surface area contributed by atoms with E-state index in [1.807, 2.05) is 30.3 Å². The highest BCUT2D eigenvalue weighted by Crippen LogP contribution is 2.33. The molecule has 1 aliphatic rings. The van der Waals surface area contributed by atoms with E-state index in [1.54, 1.807) is 20.4 Å². The topological polar surface area (TPSA) is 63.3 Å². The lowest BCUT2D eigenvalue weighted by Gasteiger charge is -2.27. The summed E-state index contributed by atoms with van der Waals surface area (Å²) in [5.41, 5.74) is 5.34. The summed E-state index contributed by atoms with van der Waals surface area (Å²) in [6.07, 6.45) is 2.67. The molecule has 1 aromatic carbocycles. The molecule has 0 saturated heterocycles. The number of nitrogens with one attached hydrogen (secondary N) is 1. The lowest BCUT2D eigenvalue weighted by molar-refractivity contribution is 0.236. The second-order valence-corrected chi connectivity index (χ2v) is 6.93. The number of pyridine rings is 1. The molecule has 0 amide bonds. The average Bonchev–Trinajstić information content (AvgIpc) is 3.11. The van der Waals surface area contributed by atoms with Crippen molar-refractivity contribution in [1.82, 2.24) is 20.1 Å². The van der Waals surface area contributed by atoms with E-state index < -0.39 is 0 Å². The molecule has 0 spiro atoms. The van der Waals surface area contributed by atoms with Crippen LogP contribution < -0.4 is 9.47 Å². The number of hydrogen-bond donors (Lipinski definition) is 1. The van der Waals surface area contributed by atoms with E-state index >= 15 is 0 Å². The molecule has 0 unspecified atom stereocenters. The summed E-state index contributed by atoms with van der Waals surface area (Å²) in [7, 11) is 3.28. The Morgan fingerprint density at radius 2 is 1.96 bits per heavy atom. The first-order chi connectivity index (χ1) is 13.2. The van der Waals surface area contributed by atoms with Crippen molar-refractivity contribution in [2.24, 2.45) is 0 Å². The SMILES string of the molecule is COc1ccnc(CN2CCc3[nH]nc(-c4ccc(Cl)cc4)c3C2)c1OC. The van der Waals surface area contributed by atoms with Gasteiger partial charge < -0.3 is 9.47 Å². The zero-order valence-electron chi connectivity index (χ0n) is 15.3. The molecule has 0 saturated carbocycles. The van der Waals surface area contributed by atoms with Gasteiger partial charge in [0.25, 0.3) is 0 Å². The Hall–Kier alpha value is -2.57.